The van der Waals surface area contributed by atoms with E-state index in [0.29, 0.717) is 12.1 Å². The number of allylic oxidation sites excluding steroid dienone is 2. The molecule has 2 nitrogen and oxygen atoms in total. The maximum absolute atomic E-state index is 14.1. The van der Waals surface area contributed by atoms with E-state index in [1.54, 1.807) is 0 Å². The summed E-state index contributed by atoms with van der Waals surface area (Å²) < 4.78 is 28.3. The zero-order valence-electron chi connectivity index (χ0n) is 14.5. The topological polar surface area (TPSA) is 15.3 Å². The minimum Gasteiger partial charge on any atom is -0.370 e. The van der Waals surface area contributed by atoms with E-state index in [0.717, 1.165) is 31.7 Å². The molecule has 1 aromatic rings. The maximum atomic E-state index is 14.1. The fourth-order valence-electron chi connectivity index (χ4n) is 5.02. The normalized spacial score (nSPS) is 33.2. The van der Waals surface area contributed by atoms with Crippen molar-refractivity contribution in [2.45, 2.75) is 64.1 Å². The summed E-state index contributed by atoms with van der Waals surface area (Å²) in [5, 5.41) is 3.50. The molecular formula is C20H26F2N2. The molecule has 4 atom stereocenters. The molecule has 1 N–H and O–H groups in total. The van der Waals surface area contributed by atoms with Crippen molar-refractivity contribution < 1.29 is 8.78 Å². The third-order valence-corrected chi connectivity index (χ3v) is 6.15. The number of hydrogen-bond donors (Lipinski definition) is 1. The highest BCUT2D eigenvalue weighted by Crippen LogP contribution is 2.41. The molecule has 4 rings (SSSR count). The number of hydrogen-bond acceptors (Lipinski definition) is 2. The number of fused-ring (bicyclic) bond motifs is 1. The average molecular weight is 332 g/mol. The van der Waals surface area contributed by atoms with Crippen LogP contribution in [0, 0.1) is 17.6 Å². The van der Waals surface area contributed by atoms with Gasteiger partial charge in [0.25, 0.3) is 0 Å². The molecule has 0 saturated carbocycles. The van der Waals surface area contributed by atoms with Crippen molar-refractivity contribution in [1.29, 1.82) is 0 Å². The van der Waals surface area contributed by atoms with Crippen molar-refractivity contribution in [1.82, 2.24) is 10.2 Å². The lowest BCUT2D eigenvalue weighted by atomic mass is 9.88. The predicted octanol–water partition coefficient (Wildman–Crippen LogP) is 4.54. The molecule has 3 aliphatic rings. The van der Waals surface area contributed by atoms with E-state index in [1.807, 2.05) is 0 Å². The quantitative estimate of drug-likeness (QED) is 0.855. The van der Waals surface area contributed by atoms with Crippen LogP contribution in [0.5, 0.6) is 0 Å². The first-order chi connectivity index (χ1) is 11.5. The Morgan fingerprint density at radius 3 is 2.62 bits per heavy atom. The number of nitrogens with one attached hydrogen (secondary N) is 1. The molecular weight excluding hydrogens is 306 g/mol. The molecule has 0 amide bonds. The molecule has 4 unspecified atom stereocenters. The first-order valence-corrected chi connectivity index (χ1v) is 9.20. The highest BCUT2D eigenvalue weighted by Gasteiger charge is 2.44. The van der Waals surface area contributed by atoms with E-state index in [1.165, 1.54) is 42.3 Å². The zero-order chi connectivity index (χ0) is 16.8. The molecule has 1 aromatic carbocycles. The molecule has 0 spiro atoms. The Balaban J connectivity index is 1.57. The van der Waals surface area contributed by atoms with E-state index >= 15 is 0 Å². The van der Waals surface area contributed by atoms with Crippen LogP contribution in [-0.2, 0) is 0 Å². The van der Waals surface area contributed by atoms with Gasteiger partial charge in [0, 0.05) is 35.9 Å². The molecule has 1 aliphatic carbocycles. The van der Waals surface area contributed by atoms with Crippen molar-refractivity contribution >= 4 is 0 Å². The van der Waals surface area contributed by atoms with E-state index in [4.69, 9.17) is 0 Å². The second-order valence-corrected chi connectivity index (χ2v) is 7.82. The lowest BCUT2D eigenvalue weighted by Crippen LogP contribution is -2.35. The molecule has 24 heavy (non-hydrogen) atoms. The predicted molar refractivity (Wildman–Crippen MR) is 91.5 cm³/mol. The van der Waals surface area contributed by atoms with Crippen LogP contribution in [0.2, 0.25) is 0 Å². The Hall–Kier alpha value is -1.42. The second-order valence-electron chi connectivity index (χ2n) is 7.82. The van der Waals surface area contributed by atoms with Crippen molar-refractivity contribution in [2.75, 3.05) is 6.54 Å². The van der Waals surface area contributed by atoms with Gasteiger partial charge in [0.1, 0.15) is 11.6 Å². The van der Waals surface area contributed by atoms with Crippen LogP contribution in [0.25, 0.3) is 0 Å². The van der Waals surface area contributed by atoms with Crippen LogP contribution < -0.4 is 5.32 Å². The van der Waals surface area contributed by atoms with Crippen LogP contribution in [0.3, 0.4) is 0 Å². The smallest absolute Gasteiger partial charge is 0.130 e. The van der Waals surface area contributed by atoms with Gasteiger partial charge >= 0.3 is 0 Å². The fourth-order valence-corrected chi connectivity index (χ4v) is 5.02. The Morgan fingerprint density at radius 2 is 1.92 bits per heavy atom. The summed E-state index contributed by atoms with van der Waals surface area (Å²) in [7, 11) is 0. The first kappa shape index (κ1) is 16.1. The van der Waals surface area contributed by atoms with Crippen molar-refractivity contribution in [3.05, 3.63) is 46.7 Å². The van der Waals surface area contributed by atoms with Gasteiger partial charge in [-0.2, -0.15) is 0 Å². The Kier molecular flexibility index (Phi) is 4.11. The van der Waals surface area contributed by atoms with Gasteiger partial charge in [-0.15, -0.1) is 0 Å². The van der Waals surface area contributed by atoms with Crippen LogP contribution in [0.1, 0.15) is 57.6 Å². The summed E-state index contributed by atoms with van der Waals surface area (Å²) in [6, 6.07) is 4.66. The van der Waals surface area contributed by atoms with Crippen LogP contribution in [0.4, 0.5) is 8.78 Å². The Labute approximate surface area is 142 Å². The number of rotatable bonds is 2. The molecule has 4 heteroatoms. The highest BCUT2D eigenvalue weighted by atomic mass is 19.1. The molecule has 0 aromatic heterocycles. The lowest BCUT2D eigenvalue weighted by molar-refractivity contribution is 0.281. The molecule has 2 fully saturated rings. The summed E-state index contributed by atoms with van der Waals surface area (Å²) in [6.07, 6.45) is 5.43. The number of halogens is 2. The van der Waals surface area contributed by atoms with Crippen molar-refractivity contribution in [2.24, 2.45) is 5.92 Å². The number of benzene rings is 1. The fraction of sp³-hybridized carbons (Fsp3) is 0.600. The van der Waals surface area contributed by atoms with Crippen LogP contribution in [-0.4, -0.2) is 23.5 Å². The standard InChI is InChI=1S/C20H26F2N2/c1-12-6-7-18(13(2)10-12)24-9-8-16-19(24)11-17(23-16)20-14(21)4-3-5-15(20)22/h3-5,12,16-17,19,23H,6-11H2,1-2H3. The van der Waals surface area contributed by atoms with Crippen molar-refractivity contribution in [3.8, 4) is 0 Å². The molecule has 2 aliphatic heterocycles. The van der Waals surface area contributed by atoms with Gasteiger partial charge in [0.05, 0.1) is 0 Å². The van der Waals surface area contributed by atoms with Gasteiger partial charge < -0.3 is 10.2 Å². The van der Waals surface area contributed by atoms with E-state index < -0.39 is 11.6 Å². The molecule has 2 heterocycles. The highest BCUT2D eigenvalue weighted by molar-refractivity contribution is 5.27. The zero-order valence-corrected chi connectivity index (χ0v) is 14.5. The van der Waals surface area contributed by atoms with E-state index in [2.05, 4.69) is 24.1 Å². The van der Waals surface area contributed by atoms with Gasteiger partial charge in [-0.05, 0) is 57.1 Å². The number of likely N-dealkylation sites (tertiary alicyclic amines) is 1. The summed E-state index contributed by atoms with van der Waals surface area (Å²) in [5.41, 5.74) is 3.22. The Bertz CT molecular complexity index is 649. The van der Waals surface area contributed by atoms with Gasteiger partial charge in [0.15, 0.2) is 0 Å². The first-order valence-electron chi connectivity index (χ1n) is 9.20. The third kappa shape index (κ3) is 2.65. The van der Waals surface area contributed by atoms with Gasteiger partial charge in [-0.25, -0.2) is 8.78 Å². The summed E-state index contributed by atoms with van der Waals surface area (Å²) >= 11 is 0. The minimum absolute atomic E-state index is 0.215. The minimum atomic E-state index is -0.430. The van der Waals surface area contributed by atoms with Gasteiger partial charge in [-0.3, -0.25) is 0 Å². The maximum Gasteiger partial charge on any atom is 0.130 e. The SMILES string of the molecule is CC1=C(N2CCC3NC(c4c(F)cccc4F)CC32)CCC(C)C1. The molecule has 0 bridgehead atoms. The summed E-state index contributed by atoms with van der Waals surface area (Å²) in [4.78, 5) is 2.54. The van der Waals surface area contributed by atoms with E-state index in [-0.39, 0.29) is 11.6 Å². The monoisotopic (exact) mass is 332 g/mol. The molecule has 130 valence electrons. The van der Waals surface area contributed by atoms with Crippen LogP contribution in [0.15, 0.2) is 29.5 Å². The largest absolute Gasteiger partial charge is 0.370 e. The molecule has 2 saturated heterocycles. The summed E-state index contributed by atoms with van der Waals surface area (Å²) in [6.45, 7) is 5.64. The van der Waals surface area contributed by atoms with Crippen LogP contribution >= 0.6 is 0 Å². The summed E-state index contributed by atoms with van der Waals surface area (Å²) in [5.74, 6) is -0.0871. The van der Waals surface area contributed by atoms with Gasteiger partial charge in [0.2, 0.25) is 0 Å². The number of nitrogens with zero attached hydrogens (tertiary/aromatic N) is 1. The average Bonchev–Trinajstić information content (AvgIpc) is 3.08. The lowest BCUT2D eigenvalue weighted by Gasteiger charge is -2.34. The van der Waals surface area contributed by atoms with Crippen molar-refractivity contribution in [3.63, 3.8) is 0 Å². The Morgan fingerprint density at radius 1 is 1.17 bits per heavy atom. The third-order valence-electron chi connectivity index (χ3n) is 6.15. The second kappa shape index (κ2) is 6.14. The van der Waals surface area contributed by atoms with E-state index in [9.17, 15) is 8.78 Å². The molecule has 0 radical (unpaired) electrons. The van der Waals surface area contributed by atoms with Gasteiger partial charge in [-0.1, -0.05) is 18.6 Å².